The monoisotopic (exact) mass is 354 g/mol. The molecule has 0 radical (unpaired) electrons. The Hall–Kier alpha value is -1.16. The molecular weight excluding hydrogens is 320 g/mol. The van der Waals surface area contributed by atoms with Crippen LogP contribution in [0.1, 0.15) is 51.5 Å². The average molecular weight is 355 g/mol. The summed E-state index contributed by atoms with van der Waals surface area (Å²) in [7, 11) is 0. The van der Waals surface area contributed by atoms with Gasteiger partial charge in [0.1, 0.15) is 0 Å². The van der Waals surface area contributed by atoms with Gasteiger partial charge in [0, 0.05) is 31.2 Å². The van der Waals surface area contributed by atoms with Crippen LogP contribution in [0.25, 0.3) is 6.08 Å². The predicted octanol–water partition coefficient (Wildman–Crippen LogP) is 3.69. The lowest BCUT2D eigenvalue weighted by Crippen LogP contribution is -2.68. The molecule has 1 spiro atoms. The minimum Gasteiger partial charge on any atom is -0.395 e. The first-order valence-corrected chi connectivity index (χ1v) is 10.5. The zero-order valence-electron chi connectivity index (χ0n) is 16.3. The molecule has 0 amide bonds. The summed E-state index contributed by atoms with van der Waals surface area (Å²) in [6.45, 7) is 7.18. The Morgan fingerprint density at radius 3 is 2.62 bits per heavy atom. The van der Waals surface area contributed by atoms with Gasteiger partial charge in [-0.1, -0.05) is 55.8 Å². The second kappa shape index (κ2) is 7.46. The van der Waals surface area contributed by atoms with E-state index in [0.29, 0.717) is 24.1 Å². The minimum absolute atomic E-state index is 0.311. The van der Waals surface area contributed by atoms with Gasteiger partial charge >= 0.3 is 0 Å². The molecule has 1 heterocycles. The SMILES string of the molecule is CC/C(=C\c1ccccc1)[C@H]1C[C@@H]1NC1CC2(C1)CN(C(CC)CO)C2. The molecule has 26 heavy (non-hydrogen) atoms. The van der Waals surface area contributed by atoms with Gasteiger partial charge in [0.15, 0.2) is 0 Å². The third-order valence-corrected chi connectivity index (χ3v) is 6.91. The molecule has 1 unspecified atom stereocenters. The quantitative estimate of drug-likeness (QED) is 0.747. The zero-order valence-corrected chi connectivity index (χ0v) is 16.3. The van der Waals surface area contributed by atoms with E-state index in [9.17, 15) is 5.11 Å². The maximum absolute atomic E-state index is 9.45. The van der Waals surface area contributed by atoms with Crippen LogP contribution in [0.3, 0.4) is 0 Å². The van der Waals surface area contributed by atoms with E-state index in [1.54, 1.807) is 5.57 Å². The van der Waals surface area contributed by atoms with Crippen molar-refractivity contribution in [2.45, 2.75) is 64.1 Å². The van der Waals surface area contributed by atoms with E-state index in [1.807, 2.05) is 0 Å². The molecule has 0 aromatic heterocycles. The van der Waals surface area contributed by atoms with Gasteiger partial charge in [-0.3, -0.25) is 4.90 Å². The highest BCUT2D eigenvalue weighted by Crippen LogP contribution is 2.51. The van der Waals surface area contributed by atoms with Gasteiger partial charge < -0.3 is 10.4 Å². The second-order valence-corrected chi connectivity index (χ2v) is 8.85. The predicted molar refractivity (Wildman–Crippen MR) is 108 cm³/mol. The average Bonchev–Trinajstić information content (AvgIpc) is 3.36. The topological polar surface area (TPSA) is 35.5 Å². The summed E-state index contributed by atoms with van der Waals surface area (Å²) in [5, 5.41) is 13.4. The third kappa shape index (κ3) is 3.62. The van der Waals surface area contributed by atoms with Crippen LogP contribution >= 0.6 is 0 Å². The van der Waals surface area contributed by atoms with Crippen molar-refractivity contribution in [1.82, 2.24) is 10.2 Å². The van der Waals surface area contributed by atoms with Gasteiger partial charge in [0.25, 0.3) is 0 Å². The van der Waals surface area contributed by atoms with Crippen LogP contribution in [0.5, 0.6) is 0 Å². The summed E-state index contributed by atoms with van der Waals surface area (Å²) >= 11 is 0. The largest absolute Gasteiger partial charge is 0.395 e. The van der Waals surface area contributed by atoms with Crippen LogP contribution in [0.2, 0.25) is 0 Å². The third-order valence-electron chi connectivity index (χ3n) is 6.91. The fourth-order valence-corrected chi connectivity index (χ4v) is 5.26. The molecule has 0 bridgehead atoms. The molecular formula is C23H34N2O. The zero-order chi connectivity index (χ0) is 18.1. The van der Waals surface area contributed by atoms with Crippen molar-refractivity contribution < 1.29 is 5.11 Å². The Morgan fingerprint density at radius 1 is 1.27 bits per heavy atom. The van der Waals surface area contributed by atoms with E-state index in [0.717, 1.165) is 24.8 Å². The molecule has 1 aromatic carbocycles. The highest BCUT2D eigenvalue weighted by molar-refractivity contribution is 5.54. The molecule has 3 aliphatic rings. The van der Waals surface area contributed by atoms with Crippen molar-refractivity contribution >= 4 is 6.08 Å². The fourth-order valence-electron chi connectivity index (χ4n) is 5.26. The Labute approximate surface area is 158 Å². The van der Waals surface area contributed by atoms with Crippen molar-refractivity contribution in [2.24, 2.45) is 11.3 Å². The van der Waals surface area contributed by atoms with Crippen LogP contribution < -0.4 is 5.32 Å². The number of hydrogen-bond acceptors (Lipinski definition) is 3. The summed E-state index contributed by atoms with van der Waals surface area (Å²) in [5.41, 5.74) is 3.51. The Morgan fingerprint density at radius 2 is 2.00 bits per heavy atom. The smallest absolute Gasteiger partial charge is 0.0586 e. The second-order valence-electron chi connectivity index (χ2n) is 8.85. The summed E-state index contributed by atoms with van der Waals surface area (Å²) in [6, 6.07) is 12.5. The number of aliphatic hydroxyl groups excluding tert-OH is 1. The summed E-state index contributed by atoms with van der Waals surface area (Å²) < 4.78 is 0. The van der Waals surface area contributed by atoms with E-state index in [-0.39, 0.29) is 0 Å². The van der Waals surface area contributed by atoms with E-state index in [4.69, 9.17) is 0 Å². The van der Waals surface area contributed by atoms with Gasteiger partial charge in [-0.2, -0.15) is 0 Å². The molecule has 142 valence electrons. The van der Waals surface area contributed by atoms with Crippen molar-refractivity contribution in [3.05, 3.63) is 41.5 Å². The first-order valence-electron chi connectivity index (χ1n) is 10.5. The van der Waals surface area contributed by atoms with Crippen LogP contribution in [0.15, 0.2) is 35.9 Å². The lowest BCUT2D eigenvalue weighted by atomic mass is 9.60. The van der Waals surface area contributed by atoms with Crippen LogP contribution in [-0.2, 0) is 0 Å². The van der Waals surface area contributed by atoms with Gasteiger partial charge in [-0.25, -0.2) is 0 Å². The standard InChI is InChI=1S/C23H34N2O/c1-3-18(10-17-8-6-5-7-9-17)21-11-22(21)24-19-12-23(13-19)15-25(16-23)20(4-2)14-26/h5-10,19-22,24,26H,3-4,11-16H2,1-2H3/b18-10+/t20?,21-,22+/m1/s1. The first-order chi connectivity index (χ1) is 12.7. The minimum atomic E-state index is 0.311. The van der Waals surface area contributed by atoms with E-state index < -0.39 is 0 Å². The van der Waals surface area contributed by atoms with E-state index in [1.165, 1.54) is 37.9 Å². The maximum Gasteiger partial charge on any atom is 0.0586 e. The van der Waals surface area contributed by atoms with Gasteiger partial charge in [0.05, 0.1) is 6.61 Å². The number of likely N-dealkylation sites (tertiary alicyclic amines) is 1. The number of nitrogens with one attached hydrogen (secondary N) is 1. The Kier molecular flexibility index (Phi) is 5.22. The molecule has 4 rings (SSSR count). The number of hydrogen-bond donors (Lipinski definition) is 2. The van der Waals surface area contributed by atoms with E-state index >= 15 is 0 Å². The summed E-state index contributed by atoms with van der Waals surface area (Å²) in [6.07, 6.45) is 8.59. The number of rotatable bonds is 8. The van der Waals surface area contributed by atoms with Crippen LogP contribution in [0, 0.1) is 11.3 Å². The summed E-state index contributed by atoms with van der Waals surface area (Å²) in [5.74, 6) is 0.744. The lowest BCUT2D eigenvalue weighted by Gasteiger charge is -2.61. The highest BCUT2D eigenvalue weighted by atomic mass is 16.3. The van der Waals surface area contributed by atoms with Crippen molar-refractivity contribution in [3.8, 4) is 0 Å². The molecule has 2 N–H and O–H groups in total. The maximum atomic E-state index is 9.45. The van der Waals surface area contributed by atoms with Gasteiger partial charge in [-0.15, -0.1) is 0 Å². The lowest BCUT2D eigenvalue weighted by molar-refractivity contribution is -0.107. The fraction of sp³-hybridized carbons (Fsp3) is 0.652. The van der Waals surface area contributed by atoms with Crippen molar-refractivity contribution in [2.75, 3.05) is 19.7 Å². The van der Waals surface area contributed by atoms with Crippen molar-refractivity contribution in [1.29, 1.82) is 0 Å². The molecule has 1 aromatic rings. The molecule has 2 aliphatic carbocycles. The first kappa shape index (κ1) is 18.2. The molecule has 3 atom stereocenters. The summed E-state index contributed by atoms with van der Waals surface area (Å²) in [4.78, 5) is 2.48. The Bertz CT molecular complexity index is 623. The number of nitrogens with zero attached hydrogens (tertiary/aromatic N) is 1. The van der Waals surface area contributed by atoms with E-state index in [2.05, 4.69) is 60.5 Å². The molecule has 3 heteroatoms. The normalized spacial score (nSPS) is 29.3. The molecule has 3 nitrogen and oxygen atoms in total. The Balaban J connectivity index is 1.23. The number of benzene rings is 1. The molecule has 1 aliphatic heterocycles. The van der Waals surface area contributed by atoms with Crippen molar-refractivity contribution in [3.63, 3.8) is 0 Å². The van der Waals surface area contributed by atoms with Crippen LogP contribution in [-0.4, -0.2) is 47.8 Å². The van der Waals surface area contributed by atoms with Gasteiger partial charge in [0.2, 0.25) is 0 Å². The molecule has 2 saturated carbocycles. The van der Waals surface area contributed by atoms with Gasteiger partial charge in [-0.05, 0) is 49.0 Å². The number of aliphatic hydroxyl groups is 1. The molecule has 1 saturated heterocycles. The molecule has 3 fully saturated rings. The van der Waals surface area contributed by atoms with Crippen LogP contribution in [0.4, 0.5) is 0 Å². The highest BCUT2D eigenvalue weighted by Gasteiger charge is 2.54.